The number of rotatable bonds is 6. The molecular weight excluding hydrogens is 234 g/mol. The van der Waals surface area contributed by atoms with E-state index in [-0.39, 0.29) is 5.91 Å². The van der Waals surface area contributed by atoms with Gasteiger partial charge in [-0.3, -0.25) is 9.59 Å². The molecule has 1 aliphatic rings. The number of nitrogens with one attached hydrogen (secondary N) is 1. The molecule has 0 aromatic heterocycles. The van der Waals surface area contributed by atoms with E-state index < -0.39 is 23.9 Å². The molecule has 0 bridgehead atoms. The molecule has 1 amide bonds. The maximum Gasteiger partial charge on any atom is 0.307 e. The van der Waals surface area contributed by atoms with Gasteiger partial charge in [0.05, 0.1) is 17.9 Å². The molecule has 104 valence electrons. The lowest BCUT2D eigenvalue weighted by molar-refractivity contribution is -0.146. The fourth-order valence-corrected chi connectivity index (χ4v) is 2.57. The first kappa shape index (κ1) is 15.0. The molecule has 4 atom stereocenters. The summed E-state index contributed by atoms with van der Waals surface area (Å²) < 4.78 is 0. The van der Waals surface area contributed by atoms with Crippen molar-refractivity contribution in [2.75, 3.05) is 6.54 Å². The second kappa shape index (κ2) is 6.73. The van der Waals surface area contributed by atoms with E-state index in [4.69, 9.17) is 10.2 Å². The maximum atomic E-state index is 11.9. The highest BCUT2D eigenvalue weighted by Crippen LogP contribution is 2.38. The van der Waals surface area contributed by atoms with Crippen molar-refractivity contribution in [1.29, 1.82) is 0 Å². The van der Waals surface area contributed by atoms with Crippen LogP contribution in [0.5, 0.6) is 0 Å². The number of hydrogen-bond acceptors (Lipinski definition) is 3. The maximum absolute atomic E-state index is 11.9. The van der Waals surface area contributed by atoms with E-state index in [1.54, 1.807) is 6.92 Å². The van der Waals surface area contributed by atoms with E-state index in [1.807, 2.05) is 6.92 Å². The van der Waals surface area contributed by atoms with Crippen molar-refractivity contribution in [3.63, 3.8) is 0 Å². The van der Waals surface area contributed by atoms with Gasteiger partial charge in [-0.15, -0.1) is 0 Å². The lowest BCUT2D eigenvalue weighted by atomic mass is 9.95. The Morgan fingerprint density at radius 1 is 1.33 bits per heavy atom. The largest absolute Gasteiger partial charge is 0.481 e. The molecule has 1 fully saturated rings. The predicted octanol–water partition coefficient (Wildman–Crippen LogP) is 1.01. The first-order valence-electron chi connectivity index (χ1n) is 6.64. The molecule has 1 aliphatic carbocycles. The van der Waals surface area contributed by atoms with Gasteiger partial charge in [0.2, 0.25) is 5.91 Å². The molecule has 2 unspecified atom stereocenters. The summed E-state index contributed by atoms with van der Waals surface area (Å²) in [4.78, 5) is 23.1. The molecule has 0 aromatic rings. The van der Waals surface area contributed by atoms with E-state index in [0.717, 1.165) is 6.42 Å². The third kappa shape index (κ3) is 3.98. The van der Waals surface area contributed by atoms with Crippen LogP contribution in [-0.4, -0.2) is 34.7 Å². The van der Waals surface area contributed by atoms with Crippen molar-refractivity contribution in [1.82, 2.24) is 5.32 Å². The van der Waals surface area contributed by atoms with E-state index >= 15 is 0 Å². The van der Waals surface area contributed by atoms with Crippen molar-refractivity contribution >= 4 is 11.9 Å². The minimum atomic E-state index is -0.873. The average molecular weight is 257 g/mol. The van der Waals surface area contributed by atoms with Crippen LogP contribution in [0, 0.1) is 17.8 Å². The zero-order chi connectivity index (χ0) is 13.7. The van der Waals surface area contributed by atoms with Gasteiger partial charge in [0.25, 0.3) is 0 Å². The smallest absolute Gasteiger partial charge is 0.307 e. The van der Waals surface area contributed by atoms with Crippen molar-refractivity contribution < 1.29 is 19.8 Å². The monoisotopic (exact) mass is 257 g/mol. The molecule has 1 rings (SSSR count). The van der Waals surface area contributed by atoms with Crippen LogP contribution >= 0.6 is 0 Å². The molecule has 0 spiro atoms. The van der Waals surface area contributed by atoms with Gasteiger partial charge in [0.1, 0.15) is 0 Å². The molecule has 0 saturated heterocycles. The summed E-state index contributed by atoms with van der Waals surface area (Å²) in [5.41, 5.74) is 0. The first-order chi connectivity index (χ1) is 8.45. The molecule has 3 N–H and O–H groups in total. The Morgan fingerprint density at radius 2 is 1.94 bits per heavy atom. The van der Waals surface area contributed by atoms with Crippen molar-refractivity contribution in [2.45, 2.75) is 45.6 Å². The summed E-state index contributed by atoms with van der Waals surface area (Å²) >= 11 is 0. The third-order valence-electron chi connectivity index (χ3n) is 3.75. The summed E-state index contributed by atoms with van der Waals surface area (Å²) in [5, 5.41) is 21.0. The van der Waals surface area contributed by atoms with Gasteiger partial charge >= 0.3 is 5.97 Å². The number of carboxylic acid groups (broad SMARTS) is 1. The van der Waals surface area contributed by atoms with Crippen LogP contribution < -0.4 is 5.32 Å². The summed E-state index contributed by atoms with van der Waals surface area (Å²) in [5.74, 6) is -1.69. The zero-order valence-electron chi connectivity index (χ0n) is 11.1. The highest BCUT2D eigenvalue weighted by atomic mass is 16.4. The standard InChI is InChI=1S/C13H23NO4/c1-3-9-6-10(11(7-9)13(17)18)12(16)14-5-4-8(2)15/h8-11,15H,3-7H2,1-2H3,(H,14,16)(H,17,18)/t8?,9?,10-,11+/m0/s1. The molecule has 18 heavy (non-hydrogen) atoms. The van der Waals surface area contributed by atoms with Crippen LogP contribution in [0.4, 0.5) is 0 Å². The van der Waals surface area contributed by atoms with Crippen LogP contribution in [0.2, 0.25) is 0 Å². The normalized spacial score (nSPS) is 28.9. The highest BCUT2D eigenvalue weighted by Gasteiger charge is 2.41. The van der Waals surface area contributed by atoms with Crippen molar-refractivity contribution in [3.05, 3.63) is 0 Å². The van der Waals surface area contributed by atoms with Crippen LogP contribution in [0.1, 0.15) is 39.5 Å². The molecule has 5 nitrogen and oxygen atoms in total. The van der Waals surface area contributed by atoms with Crippen molar-refractivity contribution in [2.24, 2.45) is 17.8 Å². The topological polar surface area (TPSA) is 86.6 Å². The van der Waals surface area contributed by atoms with Gasteiger partial charge in [0, 0.05) is 6.54 Å². The Balaban J connectivity index is 2.51. The van der Waals surface area contributed by atoms with Gasteiger partial charge in [-0.25, -0.2) is 0 Å². The summed E-state index contributed by atoms with van der Waals surface area (Å²) in [7, 11) is 0. The zero-order valence-corrected chi connectivity index (χ0v) is 11.1. The Bertz CT molecular complexity index is 303. The lowest BCUT2D eigenvalue weighted by Gasteiger charge is -2.15. The Hall–Kier alpha value is -1.10. The number of amides is 1. The fourth-order valence-electron chi connectivity index (χ4n) is 2.57. The van der Waals surface area contributed by atoms with E-state index in [1.165, 1.54) is 0 Å². The van der Waals surface area contributed by atoms with Crippen LogP contribution in [0.25, 0.3) is 0 Å². The van der Waals surface area contributed by atoms with E-state index in [2.05, 4.69) is 5.32 Å². The molecule has 5 heteroatoms. The van der Waals surface area contributed by atoms with Gasteiger partial charge in [-0.1, -0.05) is 13.3 Å². The first-order valence-corrected chi connectivity index (χ1v) is 6.64. The summed E-state index contributed by atoms with van der Waals surface area (Å²) in [6.45, 7) is 4.09. The third-order valence-corrected chi connectivity index (χ3v) is 3.75. The molecule has 0 aromatic carbocycles. The Kier molecular flexibility index (Phi) is 5.59. The number of aliphatic hydroxyl groups is 1. The molecule has 0 aliphatic heterocycles. The second-order valence-corrected chi connectivity index (χ2v) is 5.23. The quantitative estimate of drug-likeness (QED) is 0.663. The Morgan fingerprint density at radius 3 is 2.44 bits per heavy atom. The SMILES string of the molecule is CCC1C[C@H](C(=O)NCCC(C)O)[C@H](C(=O)O)C1. The minimum Gasteiger partial charge on any atom is -0.481 e. The van der Waals surface area contributed by atoms with Gasteiger partial charge < -0.3 is 15.5 Å². The average Bonchev–Trinajstić information content (AvgIpc) is 2.72. The number of aliphatic carboxylic acids is 1. The molecule has 0 radical (unpaired) electrons. The number of aliphatic hydroxyl groups excluding tert-OH is 1. The van der Waals surface area contributed by atoms with E-state index in [9.17, 15) is 9.59 Å². The molecule has 1 saturated carbocycles. The van der Waals surface area contributed by atoms with Crippen LogP contribution in [0.3, 0.4) is 0 Å². The summed E-state index contributed by atoms with van der Waals surface area (Å²) in [6.07, 6.45) is 2.22. The van der Waals surface area contributed by atoms with Crippen molar-refractivity contribution in [3.8, 4) is 0 Å². The number of carbonyl (C=O) groups excluding carboxylic acids is 1. The van der Waals surface area contributed by atoms with E-state index in [0.29, 0.717) is 31.7 Å². The summed E-state index contributed by atoms with van der Waals surface area (Å²) in [6, 6.07) is 0. The van der Waals surface area contributed by atoms with Crippen LogP contribution in [-0.2, 0) is 9.59 Å². The number of carboxylic acids is 1. The van der Waals surface area contributed by atoms with Crippen LogP contribution in [0.15, 0.2) is 0 Å². The number of carbonyl (C=O) groups is 2. The number of hydrogen-bond donors (Lipinski definition) is 3. The molecular formula is C13H23NO4. The molecule has 0 heterocycles. The highest BCUT2D eigenvalue weighted by molar-refractivity contribution is 5.85. The lowest BCUT2D eigenvalue weighted by Crippen LogP contribution is -2.36. The Labute approximate surface area is 108 Å². The minimum absolute atomic E-state index is 0.181. The van der Waals surface area contributed by atoms with Gasteiger partial charge in [-0.2, -0.15) is 0 Å². The predicted molar refractivity (Wildman–Crippen MR) is 66.9 cm³/mol. The van der Waals surface area contributed by atoms with Gasteiger partial charge in [-0.05, 0) is 32.1 Å². The van der Waals surface area contributed by atoms with Gasteiger partial charge in [0.15, 0.2) is 0 Å². The fraction of sp³-hybridized carbons (Fsp3) is 0.846. The second-order valence-electron chi connectivity index (χ2n) is 5.23.